The van der Waals surface area contributed by atoms with E-state index in [1.54, 1.807) is 0 Å². The summed E-state index contributed by atoms with van der Waals surface area (Å²) in [5.74, 6) is 0.737. The van der Waals surface area contributed by atoms with Crippen LogP contribution in [0.3, 0.4) is 0 Å². The fourth-order valence-corrected chi connectivity index (χ4v) is 10.8. The molecule has 5 saturated carbocycles. The molecular weight excluding hydrogens is 408 g/mol. The van der Waals surface area contributed by atoms with Crippen LogP contribution in [0.2, 0.25) is 0 Å². The molecule has 0 amide bonds. The van der Waals surface area contributed by atoms with Gasteiger partial charge in [0.15, 0.2) is 0 Å². The monoisotopic (exact) mass is 454 g/mol. The van der Waals surface area contributed by atoms with Crippen LogP contribution in [0.15, 0.2) is 0 Å². The lowest BCUT2D eigenvalue weighted by Crippen LogP contribution is -2.70. The van der Waals surface area contributed by atoms with Crippen LogP contribution < -0.4 is 0 Å². The molecule has 3 heteroatoms. The lowest BCUT2D eigenvalue weighted by Gasteiger charge is -2.74. The molecule has 0 spiro atoms. The molecule has 3 nitrogen and oxygen atoms in total. The molecule has 0 bridgehead atoms. The highest BCUT2D eigenvalue weighted by atomic mass is 16.2. The predicted octanol–water partition coefficient (Wildman–Crippen LogP) is 6.82. The SMILES string of the molecule is C[C@H]1C(=O)CC[C@H]2[C@]3(C)CC[C@@]4(C)[C@H]5CC(C)(C)CC[C@]5(C)CC[C@]4(C)[C@H]3CC(=O)[C@]12C=O. The van der Waals surface area contributed by atoms with E-state index in [9.17, 15) is 14.4 Å². The summed E-state index contributed by atoms with van der Waals surface area (Å²) in [6.45, 7) is 16.8. The zero-order valence-corrected chi connectivity index (χ0v) is 22.2. The van der Waals surface area contributed by atoms with Gasteiger partial charge < -0.3 is 4.79 Å². The second kappa shape index (κ2) is 6.82. The number of hydrogen-bond donors (Lipinski definition) is 0. The summed E-state index contributed by atoms with van der Waals surface area (Å²) in [6.07, 6.45) is 11.3. The first kappa shape index (κ1) is 23.7. The van der Waals surface area contributed by atoms with Crippen molar-refractivity contribution in [2.75, 3.05) is 0 Å². The number of aldehydes is 1. The van der Waals surface area contributed by atoms with E-state index in [-0.39, 0.29) is 33.7 Å². The smallest absolute Gasteiger partial charge is 0.147 e. The Kier molecular flexibility index (Phi) is 4.90. The van der Waals surface area contributed by atoms with Crippen molar-refractivity contribution in [1.82, 2.24) is 0 Å². The Morgan fingerprint density at radius 2 is 1.39 bits per heavy atom. The molecule has 0 saturated heterocycles. The Morgan fingerprint density at radius 3 is 2.06 bits per heavy atom. The van der Waals surface area contributed by atoms with Crippen LogP contribution in [0.5, 0.6) is 0 Å². The van der Waals surface area contributed by atoms with E-state index in [1.165, 1.54) is 38.5 Å². The number of fused-ring (bicyclic) bond motifs is 7. The maximum atomic E-state index is 13.9. The molecule has 0 aromatic carbocycles. The van der Waals surface area contributed by atoms with Crippen molar-refractivity contribution in [1.29, 1.82) is 0 Å². The third-order valence-electron chi connectivity index (χ3n) is 13.3. The first-order valence-electron chi connectivity index (χ1n) is 13.7. The van der Waals surface area contributed by atoms with Crippen molar-refractivity contribution in [2.45, 2.75) is 113 Å². The maximum absolute atomic E-state index is 13.9. The van der Waals surface area contributed by atoms with Crippen LogP contribution in [-0.2, 0) is 14.4 Å². The number of rotatable bonds is 1. The number of ketones is 2. The van der Waals surface area contributed by atoms with Gasteiger partial charge in [-0.1, -0.05) is 48.5 Å². The molecule has 33 heavy (non-hydrogen) atoms. The number of Topliss-reactive ketones (excluding diaryl/α,β-unsaturated/α-hetero) is 2. The molecule has 5 aliphatic rings. The minimum atomic E-state index is -1.08. The van der Waals surface area contributed by atoms with Crippen LogP contribution >= 0.6 is 0 Å². The Bertz CT molecular complexity index is 904. The summed E-state index contributed by atoms with van der Waals surface area (Å²) >= 11 is 0. The van der Waals surface area contributed by atoms with Gasteiger partial charge in [0.2, 0.25) is 0 Å². The van der Waals surface area contributed by atoms with Gasteiger partial charge in [-0.3, -0.25) is 9.59 Å². The fourth-order valence-electron chi connectivity index (χ4n) is 10.8. The van der Waals surface area contributed by atoms with Gasteiger partial charge in [-0.2, -0.15) is 0 Å². The molecule has 0 heterocycles. The van der Waals surface area contributed by atoms with Gasteiger partial charge in [-0.05, 0) is 96.2 Å². The molecule has 5 fully saturated rings. The molecular formula is C30H46O3. The second-order valence-electron chi connectivity index (χ2n) is 14.9. The first-order chi connectivity index (χ1) is 15.2. The van der Waals surface area contributed by atoms with E-state index < -0.39 is 11.3 Å². The number of carbonyl (C=O) groups is 3. The third-order valence-corrected chi connectivity index (χ3v) is 13.3. The zero-order chi connectivity index (χ0) is 24.2. The second-order valence-corrected chi connectivity index (χ2v) is 14.9. The van der Waals surface area contributed by atoms with E-state index in [4.69, 9.17) is 0 Å². The van der Waals surface area contributed by atoms with Gasteiger partial charge in [-0.25, -0.2) is 0 Å². The summed E-state index contributed by atoms with van der Waals surface area (Å²) < 4.78 is 0. The Labute approximate surface area is 201 Å². The molecule has 0 aromatic heterocycles. The normalized spacial score (nSPS) is 55.6. The Hall–Kier alpha value is -0.990. The minimum Gasteiger partial charge on any atom is -0.302 e. The standard InChI is InChI=1S/C30H46O3/c1-19-20(32)8-9-21-27(5)13-15-29(7)23-17-25(2,3)10-11-26(23,4)12-14-28(29,6)22(27)16-24(33)30(19,21)18-31/h18-19,21-23H,8-17H2,1-7H3/t19-,21-,22-,23-,26+,27-,28+,29-,30+/m0/s1. The summed E-state index contributed by atoms with van der Waals surface area (Å²) in [5, 5.41) is 0. The maximum Gasteiger partial charge on any atom is 0.147 e. The predicted molar refractivity (Wildman–Crippen MR) is 131 cm³/mol. The van der Waals surface area contributed by atoms with Crippen LogP contribution in [0.1, 0.15) is 113 Å². The molecule has 9 atom stereocenters. The quantitative estimate of drug-likeness (QED) is 0.323. The van der Waals surface area contributed by atoms with E-state index in [1.807, 2.05) is 6.92 Å². The molecule has 0 aromatic rings. The molecule has 0 N–H and O–H groups in total. The van der Waals surface area contributed by atoms with Gasteiger partial charge >= 0.3 is 0 Å². The minimum absolute atomic E-state index is 0.0129. The van der Waals surface area contributed by atoms with Crippen molar-refractivity contribution < 1.29 is 14.4 Å². The molecule has 184 valence electrons. The van der Waals surface area contributed by atoms with Crippen LogP contribution in [0.25, 0.3) is 0 Å². The highest BCUT2D eigenvalue weighted by Gasteiger charge is 2.73. The molecule has 0 aliphatic heterocycles. The van der Waals surface area contributed by atoms with Crippen molar-refractivity contribution in [2.24, 2.45) is 56.2 Å². The molecule has 0 radical (unpaired) electrons. The Morgan fingerprint density at radius 1 is 0.788 bits per heavy atom. The van der Waals surface area contributed by atoms with Crippen LogP contribution in [-0.4, -0.2) is 17.9 Å². The third kappa shape index (κ3) is 2.72. The van der Waals surface area contributed by atoms with E-state index in [2.05, 4.69) is 41.5 Å². The van der Waals surface area contributed by atoms with E-state index in [0.717, 1.165) is 12.7 Å². The van der Waals surface area contributed by atoms with Crippen LogP contribution in [0, 0.1) is 56.2 Å². The van der Waals surface area contributed by atoms with Crippen molar-refractivity contribution in [3.63, 3.8) is 0 Å². The summed E-state index contributed by atoms with van der Waals surface area (Å²) in [7, 11) is 0. The topological polar surface area (TPSA) is 51.2 Å². The lowest BCUT2D eigenvalue weighted by molar-refractivity contribution is -0.248. The van der Waals surface area contributed by atoms with E-state index in [0.29, 0.717) is 41.9 Å². The lowest BCUT2D eigenvalue weighted by atomic mass is 9.30. The highest BCUT2D eigenvalue weighted by Crippen LogP contribution is 2.77. The van der Waals surface area contributed by atoms with Crippen LogP contribution in [0.4, 0.5) is 0 Å². The average Bonchev–Trinajstić information content (AvgIpc) is 2.75. The van der Waals surface area contributed by atoms with Gasteiger partial charge in [0.05, 0.1) is 5.41 Å². The number of carbonyl (C=O) groups excluding carboxylic acids is 3. The first-order valence-corrected chi connectivity index (χ1v) is 13.7. The summed E-state index contributed by atoms with van der Waals surface area (Å²) in [4.78, 5) is 39.3. The summed E-state index contributed by atoms with van der Waals surface area (Å²) in [6, 6.07) is 0. The average molecular weight is 455 g/mol. The number of hydrogen-bond acceptors (Lipinski definition) is 3. The van der Waals surface area contributed by atoms with Crippen molar-refractivity contribution >= 4 is 17.9 Å². The summed E-state index contributed by atoms with van der Waals surface area (Å²) in [5.41, 5.74) is -0.00197. The molecule has 5 rings (SSSR count). The van der Waals surface area contributed by atoms with E-state index >= 15 is 0 Å². The Balaban J connectivity index is 1.60. The zero-order valence-electron chi connectivity index (χ0n) is 22.2. The van der Waals surface area contributed by atoms with Crippen molar-refractivity contribution in [3.8, 4) is 0 Å². The molecule has 0 unspecified atom stereocenters. The van der Waals surface area contributed by atoms with Gasteiger partial charge in [0.1, 0.15) is 17.9 Å². The molecule has 5 aliphatic carbocycles. The largest absolute Gasteiger partial charge is 0.302 e. The van der Waals surface area contributed by atoms with Gasteiger partial charge in [0.25, 0.3) is 0 Å². The fraction of sp³-hybridized carbons (Fsp3) is 0.900. The van der Waals surface area contributed by atoms with Crippen molar-refractivity contribution in [3.05, 3.63) is 0 Å². The van der Waals surface area contributed by atoms with Gasteiger partial charge in [-0.15, -0.1) is 0 Å². The van der Waals surface area contributed by atoms with Gasteiger partial charge in [0, 0.05) is 18.8 Å². The highest BCUT2D eigenvalue weighted by molar-refractivity contribution is 6.05.